The summed E-state index contributed by atoms with van der Waals surface area (Å²) >= 11 is 0. The molecule has 0 bridgehead atoms. The fourth-order valence-electron chi connectivity index (χ4n) is 7.53. The quantitative estimate of drug-likeness (QED) is 0.241. The molecule has 192 valence electrons. The predicted molar refractivity (Wildman–Crippen MR) is 151 cm³/mol. The lowest BCUT2D eigenvalue weighted by Gasteiger charge is -2.55. The maximum Gasteiger partial charge on any atom is 0.169 e. The average molecular weight is 503 g/mol. The standard InChI is InChI=1S/C34H34N2O2/c1-33-22-27(23-37)32(38)34(20-24-12-6-3-7-13-24,21-25-14-8-4-9-15-25)29(33)19-18-28-30(36(2)35-31(28)33)26-16-10-5-11-17-26/h3-17,23,29,37H,18-22H2,1-2H3/b27-23-/t29-,33+/m1/s1. The van der Waals surface area contributed by atoms with Gasteiger partial charge in [-0.3, -0.25) is 9.48 Å². The SMILES string of the molecule is Cn1nc2c(c1-c1ccccc1)CC[C@H]1C(Cc3ccccc3)(Cc3ccccc3)C(=O)/C(=C\O)C[C@]21C. The Bertz CT molecular complexity index is 1450. The van der Waals surface area contributed by atoms with Gasteiger partial charge in [0.05, 0.1) is 17.6 Å². The van der Waals surface area contributed by atoms with Gasteiger partial charge in [0.15, 0.2) is 5.78 Å². The zero-order valence-corrected chi connectivity index (χ0v) is 22.1. The summed E-state index contributed by atoms with van der Waals surface area (Å²) in [5.41, 5.74) is 6.40. The Balaban J connectivity index is 1.55. The van der Waals surface area contributed by atoms with E-state index in [4.69, 9.17) is 5.10 Å². The van der Waals surface area contributed by atoms with Crippen LogP contribution in [0.25, 0.3) is 11.3 Å². The van der Waals surface area contributed by atoms with Crippen molar-refractivity contribution in [3.63, 3.8) is 0 Å². The molecule has 2 atom stereocenters. The summed E-state index contributed by atoms with van der Waals surface area (Å²) in [5, 5.41) is 15.6. The van der Waals surface area contributed by atoms with E-state index in [0.29, 0.717) is 24.8 Å². The number of benzene rings is 3. The first-order valence-electron chi connectivity index (χ1n) is 13.5. The first-order chi connectivity index (χ1) is 18.5. The molecule has 4 nitrogen and oxygen atoms in total. The number of hydrogen-bond acceptors (Lipinski definition) is 3. The maximum atomic E-state index is 14.4. The third-order valence-corrected chi connectivity index (χ3v) is 9.03. The topological polar surface area (TPSA) is 55.1 Å². The van der Waals surface area contributed by atoms with Crippen molar-refractivity contribution in [2.45, 2.75) is 44.4 Å². The van der Waals surface area contributed by atoms with Gasteiger partial charge in [-0.25, -0.2) is 0 Å². The number of rotatable bonds is 5. The van der Waals surface area contributed by atoms with Crippen molar-refractivity contribution in [3.05, 3.63) is 125 Å². The maximum absolute atomic E-state index is 14.4. The van der Waals surface area contributed by atoms with E-state index in [9.17, 15) is 9.90 Å². The van der Waals surface area contributed by atoms with Crippen LogP contribution in [0.1, 0.15) is 42.1 Å². The van der Waals surface area contributed by atoms with Crippen molar-refractivity contribution in [2.24, 2.45) is 18.4 Å². The van der Waals surface area contributed by atoms with Crippen LogP contribution in [0.4, 0.5) is 0 Å². The number of aryl methyl sites for hydroxylation is 1. The Morgan fingerprint density at radius 2 is 1.47 bits per heavy atom. The summed E-state index contributed by atoms with van der Waals surface area (Å²) in [7, 11) is 2.02. The minimum absolute atomic E-state index is 0.0811. The van der Waals surface area contributed by atoms with Gasteiger partial charge in [0.1, 0.15) is 0 Å². The summed E-state index contributed by atoms with van der Waals surface area (Å²) in [6, 6.07) is 31.2. The van der Waals surface area contributed by atoms with Crippen molar-refractivity contribution >= 4 is 5.78 Å². The van der Waals surface area contributed by atoms with E-state index in [1.807, 2.05) is 54.2 Å². The molecule has 1 fully saturated rings. The van der Waals surface area contributed by atoms with Crippen LogP contribution in [0.3, 0.4) is 0 Å². The molecular weight excluding hydrogens is 468 g/mol. The summed E-state index contributed by atoms with van der Waals surface area (Å²) in [5.74, 6) is 0.162. The molecule has 0 radical (unpaired) electrons. The van der Waals surface area contributed by atoms with Crippen molar-refractivity contribution < 1.29 is 9.90 Å². The minimum atomic E-state index is -0.688. The number of Topliss-reactive ketones (excluding diaryl/α,β-unsaturated/α-hetero) is 1. The number of fused-ring (bicyclic) bond motifs is 3. The fraction of sp³-hybridized carbons (Fsp3) is 0.294. The number of carbonyl (C=O) groups is 1. The van der Waals surface area contributed by atoms with Crippen LogP contribution in [-0.2, 0) is 36.5 Å². The van der Waals surface area contributed by atoms with Crippen LogP contribution < -0.4 is 0 Å². The number of ketones is 1. The number of aromatic nitrogens is 2. The van der Waals surface area contributed by atoms with Crippen molar-refractivity contribution in [2.75, 3.05) is 0 Å². The summed E-state index contributed by atoms with van der Waals surface area (Å²) in [6.07, 6.45) is 4.61. The second-order valence-corrected chi connectivity index (χ2v) is 11.3. The number of allylic oxidation sites excluding steroid dienone is 1. The highest BCUT2D eigenvalue weighted by Gasteiger charge is 2.60. The van der Waals surface area contributed by atoms with Crippen molar-refractivity contribution in [3.8, 4) is 11.3 Å². The third kappa shape index (κ3) is 3.82. The van der Waals surface area contributed by atoms with E-state index in [2.05, 4.69) is 55.5 Å². The van der Waals surface area contributed by atoms with Gasteiger partial charge < -0.3 is 5.11 Å². The van der Waals surface area contributed by atoms with E-state index in [0.717, 1.165) is 47.2 Å². The monoisotopic (exact) mass is 502 g/mol. The van der Waals surface area contributed by atoms with E-state index >= 15 is 0 Å². The van der Waals surface area contributed by atoms with Crippen LogP contribution in [-0.4, -0.2) is 20.7 Å². The second-order valence-electron chi connectivity index (χ2n) is 11.3. The van der Waals surface area contributed by atoms with Crippen LogP contribution in [0.5, 0.6) is 0 Å². The average Bonchev–Trinajstić information content (AvgIpc) is 3.29. The largest absolute Gasteiger partial charge is 0.515 e. The van der Waals surface area contributed by atoms with Crippen LogP contribution in [0.2, 0.25) is 0 Å². The van der Waals surface area contributed by atoms with Gasteiger partial charge in [0.25, 0.3) is 0 Å². The smallest absolute Gasteiger partial charge is 0.169 e. The molecule has 38 heavy (non-hydrogen) atoms. The van der Waals surface area contributed by atoms with Crippen molar-refractivity contribution in [1.82, 2.24) is 9.78 Å². The van der Waals surface area contributed by atoms with Gasteiger partial charge in [-0.1, -0.05) is 97.9 Å². The number of carbonyl (C=O) groups excluding carboxylic acids is 1. The summed E-state index contributed by atoms with van der Waals surface area (Å²) < 4.78 is 2.02. The highest BCUT2D eigenvalue weighted by Crippen LogP contribution is 2.59. The molecule has 0 amide bonds. The van der Waals surface area contributed by atoms with Gasteiger partial charge in [-0.2, -0.15) is 5.10 Å². The number of aliphatic hydroxyl groups excluding tert-OH is 1. The molecule has 0 aliphatic heterocycles. The van der Waals surface area contributed by atoms with Gasteiger partial charge in [0, 0.05) is 34.6 Å². The lowest BCUT2D eigenvalue weighted by molar-refractivity contribution is -0.134. The summed E-state index contributed by atoms with van der Waals surface area (Å²) in [6.45, 7) is 2.28. The van der Waals surface area contributed by atoms with Crippen LogP contribution in [0, 0.1) is 11.3 Å². The highest BCUT2D eigenvalue weighted by molar-refractivity contribution is 6.02. The van der Waals surface area contributed by atoms with E-state index < -0.39 is 5.41 Å². The van der Waals surface area contributed by atoms with Crippen molar-refractivity contribution in [1.29, 1.82) is 0 Å². The third-order valence-electron chi connectivity index (χ3n) is 9.03. The molecule has 1 heterocycles. The zero-order valence-electron chi connectivity index (χ0n) is 22.1. The molecule has 2 aliphatic carbocycles. The molecule has 3 aromatic carbocycles. The van der Waals surface area contributed by atoms with Gasteiger partial charge in [0.2, 0.25) is 0 Å². The Morgan fingerprint density at radius 3 is 2.03 bits per heavy atom. The predicted octanol–water partition coefficient (Wildman–Crippen LogP) is 6.79. The highest BCUT2D eigenvalue weighted by atomic mass is 16.2. The van der Waals surface area contributed by atoms with Gasteiger partial charge in [-0.05, 0) is 49.1 Å². The molecule has 1 aromatic heterocycles. The molecule has 4 aromatic rings. The minimum Gasteiger partial charge on any atom is -0.515 e. The van der Waals surface area contributed by atoms with Crippen LogP contribution in [0.15, 0.2) is 103 Å². The molecule has 1 N–H and O–H groups in total. The van der Waals surface area contributed by atoms with E-state index in [-0.39, 0.29) is 17.1 Å². The Kier molecular flexibility index (Phi) is 6.06. The summed E-state index contributed by atoms with van der Waals surface area (Å²) in [4.78, 5) is 14.4. The first kappa shape index (κ1) is 24.4. The molecule has 0 saturated heterocycles. The van der Waals surface area contributed by atoms with E-state index in [1.54, 1.807) is 0 Å². The first-order valence-corrected chi connectivity index (χ1v) is 13.5. The zero-order chi connectivity index (χ0) is 26.3. The van der Waals surface area contributed by atoms with Crippen LogP contribution >= 0.6 is 0 Å². The Labute approximate surface area is 224 Å². The van der Waals surface area contributed by atoms with E-state index in [1.165, 1.54) is 5.56 Å². The number of nitrogens with zero attached hydrogens (tertiary/aromatic N) is 2. The van der Waals surface area contributed by atoms with Gasteiger partial charge in [-0.15, -0.1) is 0 Å². The number of aliphatic hydroxyl groups is 1. The molecular formula is C34H34N2O2. The molecule has 2 aliphatic rings. The lowest BCUT2D eigenvalue weighted by atomic mass is 9.46. The Hall–Kier alpha value is -3.92. The molecule has 0 spiro atoms. The molecule has 1 saturated carbocycles. The molecule has 4 heteroatoms. The lowest BCUT2D eigenvalue weighted by Crippen LogP contribution is -2.57. The molecule has 0 unspecified atom stereocenters. The second kappa shape index (κ2) is 9.43. The Morgan fingerprint density at radius 1 is 0.921 bits per heavy atom. The fourth-order valence-corrected chi connectivity index (χ4v) is 7.53. The van der Waals surface area contributed by atoms with Gasteiger partial charge >= 0.3 is 0 Å². The number of hydrogen-bond donors (Lipinski definition) is 1. The molecule has 6 rings (SSSR count). The normalized spacial score (nSPS) is 23.2.